The van der Waals surface area contributed by atoms with Crippen LogP contribution in [0.5, 0.6) is 0 Å². The van der Waals surface area contributed by atoms with Crippen LogP contribution in [0.4, 0.5) is 0 Å². The van der Waals surface area contributed by atoms with E-state index >= 15 is 0 Å². The highest BCUT2D eigenvalue weighted by Crippen LogP contribution is 2.01. The number of nitrogens with one attached hydrogen (secondary N) is 1. The minimum absolute atomic E-state index is 0.111. The van der Waals surface area contributed by atoms with Crippen LogP contribution in [0.15, 0.2) is 0 Å². The number of ether oxygens (including phenoxy) is 1. The first-order chi connectivity index (χ1) is 8.70. The maximum atomic E-state index is 11.4. The van der Waals surface area contributed by atoms with Crippen molar-refractivity contribution in [3.63, 3.8) is 0 Å². The third-order valence-corrected chi connectivity index (χ3v) is 2.72. The Balaban J connectivity index is 3.22. The topological polar surface area (TPSA) is 81.4 Å². The van der Waals surface area contributed by atoms with Crippen molar-refractivity contribution in [1.82, 2.24) is 5.32 Å². The standard InChI is InChI=1S/C13H26N2O3/c1-18-13(17)9-5-3-7-11-15-12(16)8-4-2-6-10-14/h2-11,14H2,1H3,(H,15,16). The molecule has 0 aromatic rings. The van der Waals surface area contributed by atoms with Crippen molar-refractivity contribution in [3.05, 3.63) is 0 Å². The highest BCUT2D eigenvalue weighted by molar-refractivity contribution is 5.75. The van der Waals surface area contributed by atoms with Crippen LogP contribution in [0.25, 0.3) is 0 Å². The number of carbonyl (C=O) groups excluding carboxylic acids is 2. The zero-order chi connectivity index (χ0) is 13.6. The van der Waals surface area contributed by atoms with Gasteiger partial charge in [-0.25, -0.2) is 0 Å². The SMILES string of the molecule is COC(=O)CCCCCNC(=O)CCCCCN. The van der Waals surface area contributed by atoms with Crippen LogP contribution in [0.2, 0.25) is 0 Å². The van der Waals surface area contributed by atoms with Gasteiger partial charge in [0.25, 0.3) is 0 Å². The number of carbonyl (C=O) groups is 2. The van der Waals surface area contributed by atoms with Gasteiger partial charge in [-0.3, -0.25) is 9.59 Å². The van der Waals surface area contributed by atoms with Crippen LogP contribution < -0.4 is 11.1 Å². The van der Waals surface area contributed by atoms with Crippen molar-refractivity contribution in [2.24, 2.45) is 5.73 Å². The Bertz CT molecular complexity index is 232. The Morgan fingerprint density at radius 2 is 1.67 bits per heavy atom. The molecular formula is C13H26N2O3. The third kappa shape index (κ3) is 11.4. The molecule has 0 spiro atoms. The van der Waals surface area contributed by atoms with Crippen molar-refractivity contribution >= 4 is 11.9 Å². The lowest BCUT2D eigenvalue weighted by molar-refractivity contribution is -0.140. The molecule has 0 radical (unpaired) electrons. The van der Waals surface area contributed by atoms with Crippen LogP contribution in [-0.2, 0) is 14.3 Å². The van der Waals surface area contributed by atoms with Gasteiger partial charge in [0.2, 0.25) is 5.91 Å². The second-order valence-corrected chi connectivity index (χ2v) is 4.34. The number of hydrogen-bond donors (Lipinski definition) is 2. The second-order valence-electron chi connectivity index (χ2n) is 4.34. The van der Waals surface area contributed by atoms with Gasteiger partial charge in [0.05, 0.1) is 7.11 Å². The number of methoxy groups -OCH3 is 1. The fraction of sp³-hybridized carbons (Fsp3) is 0.846. The number of nitrogens with two attached hydrogens (primary N) is 1. The van der Waals surface area contributed by atoms with Gasteiger partial charge in [-0.1, -0.05) is 12.8 Å². The summed E-state index contributed by atoms with van der Waals surface area (Å²) in [5, 5.41) is 2.88. The smallest absolute Gasteiger partial charge is 0.305 e. The van der Waals surface area contributed by atoms with Crippen LogP contribution in [-0.4, -0.2) is 32.1 Å². The Morgan fingerprint density at radius 1 is 1.00 bits per heavy atom. The average Bonchev–Trinajstić information content (AvgIpc) is 2.38. The Kier molecular flexibility index (Phi) is 11.6. The first-order valence-electron chi connectivity index (χ1n) is 6.74. The molecule has 0 unspecified atom stereocenters. The van der Waals surface area contributed by atoms with Gasteiger partial charge in [-0.15, -0.1) is 0 Å². The lowest BCUT2D eigenvalue weighted by Gasteiger charge is -2.05. The van der Waals surface area contributed by atoms with Gasteiger partial charge >= 0.3 is 5.97 Å². The molecule has 0 fully saturated rings. The first kappa shape index (κ1) is 16.9. The van der Waals surface area contributed by atoms with E-state index < -0.39 is 0 Å². The van der Waals surface area contributed by atoms with Gasteiger partial charge in [-0.05, 0) is 32.2 Å². The van der Waals surface area contributed by atoms with E-state index in [1.165, 1.54) is 7.11 Å². The maximum absolute atomic E-state index is 11.4. The van der Waals surface area contributed by atoms with Gasteiger partial charge in [0, 0.05) is 19.4 Å². The number of unbranched alkanes of at least 4 members (excludes halogenated alkanes) is 4. The van der Waals surface area contributed by atoms with Crippen molar-refractivity contribution in [2.45, 2.75) is 51.4 Å². The second kappa shape index (κ2) is 12.4. The quantitative estimate of drug-likeness (QED) is 0.433. The van der Waals surface area contributed by atoms with E-state index in [1.807, 2.05) is 0 Å². The molecular weight excluding hydrogens is 232 g/mol. The van der Waals surface area contributed by atoms with Crippen LogP contribution >= 0.6 is 0 Å². The highest BCUT2D eigenvalue weighted by Gasteiger charge is 2.01. The van der Waals surface area contributed by atoms with E-state index in [-0.39, 0.29) is 11.9 Å². The summed E-state index contributed by atoms with van der Waals surface area (Å²) >= 11 is 0. The van der Waals surface area contributed by atoms with E-state index in [9.17, 15) is 9.59 Å². The van der Waals surface area contributed by atoms with E-state index in [4.69, 9.17) is 5.73 Å². The predicted octanol–water partition coefficient (Wildman–Crippen LogP) is 1.36. The van der Waals surface area contributed by atoms with Crippen LogP contribution in [0, 0.1) is 0 Å². The lowest BCUT2D eigenvalue weighted by atomic mass is 10.1. The number of rotatable bonds is 11. The Labute approximate surface area is 109 Å². The highest BCUT2D eigenvalue weighted by atomic mass is 16.5. The molecule has 0 aromatic heterocycles. The summed E-state index contributed by atoms with van der Waals surface area (Å²) in [5.41, 5.74) is 5.37. The molecule has 0 saturated carbocycles. The average molecular weight is 258 g/mol. The van der Waals surface area contributed by atoms with Crippen molar-refractivity contribution < 1.29 is 14.3 Å². The molecule has 0 atom stereocenters. The Hall–Kier alpha value is -1.10. The Morgan fingerprint density at radius 3 is 2.33 bits per heavy atom. The third-order valence-electron chi connectivity index (χ3n) is 2.72. The summed E-state index contributed by atoms with van der Waals surface area (Å²) in [6.07, 6.45) is 6.62. The summed E-state index contributed by atoms with van der Waals surface area (Å²) in [7, 11) is 1.40. The largest absolute Gasteiger partial charge is 0.469 e. The molecule has 0 aliphatic carbocycles. The molecule has 5 heteroatoms. The van der Waals surface area contributed by atoms with E-state index in [0.29, 0.717) is 25.9 Å². The zero-order valence-corrected chi connectivity index (χ0v) is 11.4. The van der Waals surface area contributed by atoms with Crippen molar-refractivity contribution in [1.29, 1.82) is 0 Å². The predicted molar refractivity (Wildman–Crippen MR) is 71.0 cm³/mol. The molecule has 0 saturated heterocycles. The molecule has 0 heterocycles. The molecule has 0 aliphatic rings. The molecule has 106 valence electrons. The first-order valence-corrected chi connectivity index (χ1v) is 6.74. The minimum Gasteiger partial charge on any atom is -0.469 e. The molecule has 3 N–H and O–H groups in total. The van der Waals surface area contributed by atoms with Gasteiger partial charge in [-0.2, -0.15) is 0 Å². The van der Waals surface area contributed by atoms with Crippen LogP contribution in [0.1, 0.15) is 51.4 Å². The zero-order valence-electron chi connectivity index (χ0n) is 11.4. The number of amides is 1. The molecule has 0 bridgehead atoms. The minimum atomic E-state index is -0.168. The van der Waals surface area contributed by atoms with Crippen LogP contribution in [0.3, 0.4) is 0 Å². The van der Waals surface area contributed by atoms with Crippen molar-refractivity contribution in [2.75, 3.05) is 20.2 Å². The summed E-state index contributed by atoms with van der Waals surface area (Å²) < 4.78 is 4.54. The lowest BCUT2D eigenvalue weighted by Crippen LogP contribution is -2.24. The number of hydrogen-bond acceptors (Lipinski definition) is 4. The van der Waals surface area contributed by atoms with E-state index in [1.54, 1.807) is 0 Å². The fourth-order valence-corrected chi connectivity index (χ4v) is 1.60. The van der Waals surface area contributed by atoms with Gasteiger partial charge in [0.15, 0.2) is 0 Å². The van der Waals surface area contributed by atoms with Crippen molar-refractivity contribution in [3.8, 4) is 0 Å². The van der Waals surface area contributed by atoms with E-state index in [0.717, 1.165) is 38.5 Å². The molecule has 0 aliphatic heterocycles. The monoisotopic (exact) mass is 258 g/mol. The molecule has 1 amide bonds. The maximum Gasteiger partial charge on any atom is 0.305 e. The molecule has 18 heavy (non-hydrogen) atoms. The number of esters is 1. The summed E-state index contributed by atoms with van der Waals surface area (Å²) in [4.78, 5) is 22.2. The fourth-order valence-electron chi connectivity index (χ4n) is 1.60. The summed E-state index contributed by atoms with van der Waals surface area (Å²) in [6, 6.07) is 0. The summed E-state index contributed by atoms with van der Waals surface area (Å²) in [6.45, 7) is 1.39. The molecule has 5 nitrogen and oxygen atoms in total. The molecule has 0 aromatic carbocycles. The molecule has 0 rings (SSSR count). The summed E-state index contributed by atoms with van der Waals surface area (Å²) in [5.74, 6) is -0.0565. The van der Waals surface area contributed by atoms with Gasteiger partial charge in [0.1, 0.15) is 0 Å². The van der Waals surface area contributed by atoms with Gasteiger partial charge < -0.3 is 15.8 Å². The van der Waals surface area contributed by atoms with E-state index in [2.05, 4.69) is 10.1 Å². The normalized spacial score (nSPS) is 10.1.